The molecule has 2 nitrogen and oxygen atoms in total. The van der Waals surface area contributed by atoms with Gasteiger partial charge in [0.05, 0.1) is 0 Å². The van der Waals surface area contributed by atoms with Gasteiger partial charge in [-0.3, -0.25) is 4.90 Å². The third kappa shape index (κ3) is 2.39. The molecule has 2 aliphatic rings. The van der Waals surface area contributed by atoms with Gasteiger partial charge in [-0.25, -0.2) is 0 Å². The number of rotatable bonds is 1. The summed E-state index contributed by atoms with van der Waals surface area (Å²) in [5, 5.41) is 0. The first-order chi connectivity index (χ1) is 8.84. The molecule has 1 aromatic carbocycles. The van der Waals surface area contributed by atoms with Crippen LogP contribution in [0.5, 0.6) is 0 Å². The van der Waals surface area contributed by atoms with E-state index in [0.717, 1.165) is 6.04 Å². The molecule has 0 bridgehead atoms. The smallest absolute Gasteiger partial charge is 0.0396 e. The van der Waals surface area contributed by atoms with E-state index in [4.69, 9.17) is 0 Å². The number of hydrogen-bond acceptors (Lipinski definition) is 2. The number of benzene rings is 1. The first-order valence-electron chi connectivity index (χ1n) is 7.39. The normalized spacial score (nSPS) is 25.6. The minimum Gasteiger partial charge on any atom is -0.370 e. The average Bonchev–Trinajstić information content (AvgIpc) is 2.61. The van der Waals surface area contributed by atoms with Crippen molar-refractivity contribution in [1.29, 1.82) is 0 Å². The highest BCUT2D eigenvalue weighted by atomic mass is 15.2. The fraction of sp³-hybridized carbons (Fsp3) is 0.625. The number of aryl methyl sites for hydroxylation is 1. The highest BCUT2D eigenvalue weighted by Gasteiger charge is 2.27. The molecule has 0 N–H and O–H groups in total. The SMILES string of the molecule is Cc1ccccc1N1CCCN2CCCCC2C1. The van der Waals surface area contributed by atoms with E-state index >= 15 is 0 Å². The molecule has 2 aliphatic heterocycles. The lowest BCUT2D eigenvalue weighted by Crippen LogP contribution is -2.44. The van der Waals surface area contributed by atoms with Crippen molar-refractivity contribution in [2.75, 3.05) is 31.1 Å². The molecule has 2 heteroatoms. The summed E-state index contributed by atoms with van der Waals surface area (Å²) in [5.41, 5.74) is 2.87. The minimum absolute atomic E-state index is 0.792. The highest BCUT2D eigenvalue weighted by Crippen LogP contribution is 2.26. The number of nitrogens with zero attached hydrogens (tertiary/aromatic N) is 2. The van der Waals surface area contributed by atoms with Crippen molar-refractivity contribution in [1.82, 2.24) is 4.90 Å². The van der Waals surface area contributed by atoms with Gasteiger partial charge in [0, 0.05) is 31.4 Å². The lowest BCUT2D eigenvalue weighted by molar-refractivity contribution is 0.162. The second kappa shape index (κ2) is 5.31. The third-order valence-electron chi connectivity index (χ3n) is 4.51. The number of fused-ring (bicyclic) bond motifs is 1. The summed E-state index contributed by atoms with van der Waals surface area (Å²) < 4.78 is 0. The molecule has 2 fully saturated rings. The molecule has 0 amide bonds. The molecular weight excluding hydrogens is 220 g/mol. The van der Waals surface area contributed by atoms with Crippen LogP contribution in [0.4, 0.5) is 5.69 Å². The Hall–Kier alpha value is -1.02. The molecule has 1 unspecified atom stereocenters. The van der Waals surface area contributed by atoms with Crippen LogP contribution >= 0.6 is 0 Å². The van der Waals surface area contributed by atoms with Crippen molar-refractivity contribution in [3.05, 3.63) is 29.8 Å². The van der Waals surface area contributed by atoms with Gasteiger partial charge in [0.1, 0.15) is 0 Å². The summed E-state index contributed by atoms with van der Waals surface area (Å²) in [6.45, 7) is 7.31. The van der Waals surface area contributed by atoms with Gasteiger partial charge in [0.15, 0.2) is 0 Å². The zero-order valence-electron chi connectivity index (χ0n) is 11.4. The van der Waals surface area contributed by atoms with Crippen LogP contribution in [0.15, 0.2) is 24.3 Å². The van der Waals surface area contributed by atoms with Crippen molar-refractivity contribution in [2.24, 2.45) is 0 Å². The van der Waals surface area contributed by atoms with Crippen LogP contribution in [0.25, 0.3) is 0 Å². The Morgan fingerprint density at radius 2 is 1.83 bits per heavy atom. The van der Waals surface area contributed by atoms with Gasteiger partial charge in [0.25, 0.3) is 0 Å². The summed E-state index contributed by atoms with van der Waals surface area (Å²) in [5.74, 6) is 0. The fourth-order valence-corrected chi connectivity index (χ4v) is 3.51. The van der Waals surface area contributed by atoms with Gasteiger partial charge in [0.2, 0.25) is 0 Å². The molecule has 0 aliphatic carbocycles. The van der Waals surface area contributed by atoms with Crippen molar-refractivity contribution < 1.29 is 0 Å². The summed E-state index contributed by atoms with van der Waals surface area (Å²) in [4.78, 5) is 5.34. The lowest BCUT2D eigenvalue weighted by Gasteiger charge is -2.36. The van der Waals surface area contributed by atoms with E-state index in [0.29, 0.717) is 0 Å². The van der Waals surface area contributed by atoms with Crippen molar-refractivity contribution in [3.8, 4) is 0 Å². The molecule has 98 valence electrons. The Morgan fingerprint density at radius 1 is 1.00 bits per heavy atom. The summed E-state index contributed by atoms with van der Waals surface area (Å²) in [6, 6.07) is 9.63. The van der Waals surface area contributed by atoms with Crippen molar-refractivity contribution in [2.45, 2.75) is 38.6 Å². The Balaban J connectivity index is 1.79. The summed E-state index contributed by atoms with van der Waals surface area (Å²) >= 11 is 0. The van der Waals surface area contributed by atoms with E-state index < -0.39 is 0 Å². The number of piperidine rings is 1. The summed E-state index contributed by atoms with van der Waals surface area (Å²) in [7, 11) is 0. The van der Waals surface area contributed by atoms with Gasteiger partial charge in [-0.2, -0.15) is 0 Å². The van der Waals surface area contributed by atoms with Gasteiger partial charge in [-0.05, 0) is 44.4 Å². The summed E-state index contributed by atoms with van der Waals surface area (Å²) in [6.07, 6.45) is 5.52. The molecule has 18 heavy (non-hydrogen) atoms. The van der Waals surface area contributed by atoms with Gasteiger partial charge in [-0.15, -0.1) is 0 Å². The van der Waals surface area contributed by atoms with Crippen molar-refractivity contribution >= 4 is 5.69 Å². The molecule has 0 aromatic heterocycles. The van der Waals surface area contributed by atoms with Crippen LogP contribution in [0.2, 0.25) is 0 Å². The Morgan fingerprint density at radius 3 is 2.72 bits per heavy atom. The lowest BCUT2D eigenvalue weighted by atomic mass is 10.0. The monoisotopic (exact) mass is 244 g/mol. The largest absolute Gasteiger partial charge is 0.370 e. The second-order valence-electron chi connectivity index (χ2n) is 5.77. The van der Waals surface area contributed by atoms with Gasteiger partial charge in [-0.1, -0.05) is 24.6 Å². The Labute approximate surface area is 111 Å². The maximum atomic E-state index is 2.72. The van der Waals surface area contributed by atoms with Crippen LogP contribution in [-0.4, -0.2) is 37.1 Å². The second-order valence-corrected chi connectivity index (χ2v) is 5.77. The van der Waals surface area contributed by atoms with E-state index in [1.165, 1.54) is 63.1 Å². The van der Waals surface area contributed by atoms with E-state index in [9.17, 15) is 0 Å². The molecule has 3 rings (SSSR count). The minimum atomic E-state index is 0.792. The fourth-order valence-electron chi connectivity index (χ4n) is 3.51. The van der Waals surface area contributed by atoms with Crippen molar-refractivity contribution in [3.63, 3.8) is 0 Å². The van der Waals surface area contributed by atoms with Crippen LogP contribution in [-0.2, 0) is 0 Å². The highest BCUT2D eigenvalue weighted by molar-refractivity contribution is 5.53. The molecule has 1 aromatic rings. The van der Waals surface area contributed by atoms with Gasteiger partial charge < -0.3 is 4.90 Å². The zero-order valence-corrected chi connectivity index (χ0v) is 11.4. The molecule has 2 heterocycles. The van der Waals surface area contributed by atoms with Crippen LogP contribution < -0.4 is 4.90 Å². The third-order valence-corrected chi connectivity index (χ3v) is 4.51. The molecule has 0 radical (unpaired) electrons. The standard InChI is InChI=1S/C16H24N2/c1-14-7-2-3-9-16(14)18-12-6-11-17-10-5-4-8-15(17)13-18/h2-3,7,9,15H,4-6,8,10-13H2,1H3. The molecule has 1 atom stereocenters. The van der Waals surface area contributed by atoms with E-state index in [1.807, 2.05) is 0 Å². The molecule has 0 spiro atoms. The van der Waals surface area contributed by atoms with Crippen LogP contribution in [0, 0.1) is 6.92 Å². The first kappa shape index (κ1) is 12.0. The molecular formula is C16H24N2. The number of para-hydroxylation sites is 1. The quantitative estimate of drug-likeness (QED) is 0.749. The Kier molecular flexibility index (Phi) is 3.55. The van der Waals surface area contributed by atoms with E-state index in [-0.39, 0.29) is 0 Å². The maximum Gasteiger partial charge on any atom is 0.0396 e. The molecule has 0 saturated carbocycles. The molecule has 2 saturated heterocycles. The predicted molar refractivity (Wildman–Crippen MR) is 77.2 cm³/mol. The number of anilines is 1. The first-order valence-corrected chi connectivity index (χ1v) is 7.39. The van der Waals surface area contributed by atoms with E-state index in [2.05, 4.69) is 41.0 Å². The zero-order chi connectivity index (χ0) is 12.4. The Bertz CT molecular complexity index is 402. The maximum absolute atomic E-state index is 2.72. The van der Waals surface area contributed by atoms with Crippen LogP contribution in [0.3, 0.4) is 0 Å². The van der Waals surface area contributed by atoms with E-state index in [1.54, 1.807) is 0 Å². The predicted octanol–water partition coefficient (Wildman–Crippen LogP) is 3.06. The topological polar surface area (TPSA) is 6.48 Å². The van der Waals surface area contributed by atoms with Gasteiger partial charge >= 0.3 is 0 Å². The number of hydrogen-bond donors (Lipinski definition) is 0. The average molecular weight is 244 g/mol. The van der Waals surface area contributed by atoms with Crippen LogP contribution in [0.1, 0.15) is 31.2 Å².